The van der Waals surface area contributed by atoms with Gasteiger partial charge in [0.2, 0.25) is 0 Å². The summed E-state index contributed by atoms with van der Waals surface area (Å²) in [7, 11) is 0. The zero-order valence-electron chi connectivity index (χ0n) is 6.97. The highest BCUT2D eigenvalue weighted by Crippen LogP contribution is 2.18. The van der Waals surface area contributed by atoms with Gasteiger partial charge in [0, 0.05) is 3.57 Å². The summed E-state index contributed by atoms with van der Waals surface area (Å²) in [5.74, 6) is 0.701. The first kappa shape index (κ1) is 9.04. The van der Waals surface area contributed by atoms with E-state index in [1.807, 2.05) is 0 Å². The number of hydrogen-bond acceptors (Lipinski definition) is 0. The van der Waals surface area contributed by atoms with E-state index in [1.165, 1.54) is 15.6 Å². The molecule has 0 aliphatic heterocycles. The summed E-state index contributed by atoms with van der Waals surface area (Å²) in [5.41, 5.74) is 1.45. The lowest BCUT2D eigenvalue weighted by Gasteiger charge is -2.07. The van der Waals surface area contributed by atoms with E-state index in [0.717, 1.165) is 0 Å². The average molecular weight is 260 g/mol. The van der Waals surface area contributed by atoms with Crippen LogP contribution in [0, 0.1) is 3.57 Å². The quantitative estimate of drug-likeness (QED) is 0.709. The summed E-state index contributed by atoms with van der Waals surface area (Å²) < 4.78 is 1.31. The van der Waals surface area contributed by atoms with E-state index in [9.17, 15) is 0 Å². The summed E-state index contributed by atoms with van der Waals surface area (Å²) in [6.07, 6.45) is 1.22. The predicted octanol–water partition coefficient (Wildman–Crippen LogP) is 3.80. The predicted molar refractivity (Wildman–Crippen MR) is 57.9 cm³/mol. The minimum absolute atomic E-state index is 0.701. The molecule has 0 heterocycles. The fraction of sp³-hybridized carbons (Fsp3) is 0.400. The molecule has 0 nitrogen and oxygen atoms in total. The first-order valence-corrected chi connectivity index (χ1v) is 5.07. The molecule has 0 saturated carbocycles. The van der Waals surface area contributed by atoms with Crippen molar-refractivity contribution in [1.29, 1.82) is 0 Å². The van der Waals surface area contributed by atoms with Crippen LogP contribution in [-0.2, 0) is 0 Å². The molecule has 0 aliphatic rings. The molecule has 0 radical (unpaired) electrons. The van der Waals surface area contributed by atoms with Crippen LogP contribution >= 0.6 is 22.6 Å². The highest BCUT2D eigenvalue weighted by molar-refractivity contribution is 14.1. The normalized spacial score (nSPS) is 13.0. The maximum absolute atomic E-state index is 2.33. The Balaban J connectivity index is 2.81. The lowest BCUT2D eigenvalue weighted by Crippen LogP contribution is -1.89. The smallest absolute Gasteiger partial charge is 0.0130 e. The highest BCUT2D eigenvalue weighted by atomic mass is 127. The third-order valence-corrected chi connectivity index (χ3v) is 2.77. The summed E-state index contributed by atoms with van der Waals surface area (Å²) in [6.45, 7) is 4.49. The molecule has 0 amide bonds. The number of hydrogen-bond donors (Lipinski definition) is 0. The Morgan fingerprint density at radius 3 is 2.27 bits per heavy atom. The van der Waals surface area contributed by atoms with Gasteiger partial charge in [-0.1, -0.05) is 26.0 Å². The Labute approximate surface area is 82.2 Å². The van der Waals surface area contributed by atoms with Crippen LogP contribution in [-0.4, -0.2) is 0 Å². The van der Waals surface area contributed by atoms with Crippen LogP contribution in [0.3, 0.4) is 0 Å². The molecule has 0 bridgehead atoms. The fourth-order valence-corrected chi connectivity index (χ4v) is 1.39. The van der Waals surface area contributed by atoms with E-state index in [2.05, 4.69) is 60.7 Å². The Hall–Kier alpha value is -0.0500. The molecule has 0 aliphatic carbocycles. The van der Waals surface area contributed by atoms with Crippen LogP contribution in [0.5, 0.6) is 0 Å². The molecular weight excluding hydrogens is 247 g/mol. The van der Waals surface area contributed by atoms with Gasteiger partial charge in [-0.15, -0.1) is 0 Å². The van der Waals surface area contributed by atoms with E-state index in [1.54, 1.807) is 0 Å². The van der Waals surface area contributed by atoms with Gasteiger partial charge in [0.05, 0.1) is 0 Å². The molecule has 0 spiro atoms. The second-order valence-corrected chi connectivity index (χ2v) is 4.11. The van der Waals surface area contributed by atoms with Crippen molar-refractivity contribution in [2.75, 3.05) is 0 Å². The van der Waals surface area contributed by atoms with Crippen LogP contribution in [0.15, 0.2) is 24.3 Å². The van der Waals surface area contributed by atoms with Gasteiger partial charge in [-0.05, 0) is 52.6 Å². The topological polar surface area (TPSA) is 0 Å². The van der Waals surface area contributed by atoms with Crippen LogP contribution in [0.1, 0.15) is 31.7 Å². The second-order valence-electron chi connectivity index (χ2n) is 2.86. The Morgan fingerprint density at radius 2 is 1.82 bits per heavy atom. The first-order chi connectivity index (χ1) is 5.24. The SMILES string of the molecule is CC[C@H](C)c1ccc(I)cc1. The molecule has 0 unspecified atom stereocenters. The Morgan fingerprint density at radius 1 is 1.27 bits per heavy atom. The fourth-order valence-electron chi connectivity index (χ4n) is 1.03. The lowest BCUT2D eigenvalue weighted by molar-refractivity contribution is 0.733. The molecule has 1 aromatic rings. The minimum atomic E-state index is 0.701. The molecule has 1 heteroatoms. The molecule has 60 valence electrons. The number of benzene rings is 1. The van der Waals surface area contributed by atoms with Crippen molar-refractivity contribution in [1.82, 2.24) is 0 Å². The van der Waals surface area contributed by atoms with E-state index in [0.29, 0.717) is 5.92 Å². The van der Waals surface area contributed by atoms with Gasteiger partial charge in [0.25, 0.3) is 0 Å². The number of halogens is 1. The zero-order valence-corrected chi connectivity index (χ0v) is 9.13. The largest absolute Gasteiger partial charge is 0.0648 e. The molecule has 11 heavy (non-hydrogen) atoms. The Bertz CT molecular complexity index is 213. The molecule has 0 fully saturated rings. The van der Waals surface area contributed by atoms with Crippen molar-refractivity contribution in [3.63, 3.8) is 0 Å². The average Bonchev–Trinajstić information content (AvgIpc) is 2.05. The van der Waals surface area contributed by atoms with Crippen molar-refractivity contribution < 1.29 is 0 Å². The van der Waals surface area contributed by atoms with Crippen LogP contribution in [0.2, 0.25) is 0 Å². The summed E-state index contributed by atoms with van der Waals surface area (Å²) in [5, 5.41) is 0. The van der Waals surface area contributed by atoms with Gasteiger partial charge >= 0.3 is 0 Å². The summed E-state index contributed by atoms with van der Waals surface area (Å²) >= 11 is 2.33. The molecule has 0 aromatic heterocycles. The minimum Gasteiger partial charge on any atom is -0.0648 e. The van der Waals surface area contributed by atoms with Gasteiger partial charge in [0.15, 0.2) is 0 Å². The lowest BCUT2D eigenvalue weighted by atomic mass is 9.99. The van der Waals surface area contributed by atoms with Gasteiger partial charge in [-0.2, -0.15) is 0 Å². The zero-order chi connectivity index (χ0) is 8.27. The van der Waals surface area contributed by atoms with E-state index < -0.39 is 0 Å². The maximum Gasteiger partial charge on any atom is 0.0130 e. The summed E-state index contributed by atoms with van der Waals surface area (Å²) in [4.78, 5) is 0. The third kappa shape index (κ3) is 2.47. The third-order valence-electron chi connectivity index (χ3n) is 2.05. The first-order valence-electron chi connectivity index (χ1n) is 3.99. The molecule has 0 N–H and O–H groups in total. The van der Waals surface area contributed by atoms with Crippen LogP contribution in [0.4, 0.5) is 0 Å². The van der Waals surface area contributed by atoms with Gasteiger partial charge in [-0.25, -0.2) is 0 Å². The highest BCUT2D eigenvalue weighted by Gasteiger charge is 2.00. The van der Waals surface area contributed by atoms with Crippen molar-refractivity contribution in [2.45, 2.75) is 26.2 Å². The standard InChI is InChI=1S/C10H13I/c1-3-8(2)9-4-6-10(11)7-5-9/h4-8H,3H2,1-2H3/t8-/m0/s1. The second kappa shape index (κ2) is 4.10. The van der Waals surface area contributed by atoms with E-state index in [-0.39, 0.29) is 0 Å². The van der Waals surface area contributed by atoms with Crippen molar-refractivity contribution >= 4 is 22.6 Å². The maximum atomic E-state index is 2.33. The van der Waals surface area contributed by atoms with Crippen LogP contribution < -0.4 is 0 Å². The monoisotopic (exact) mass is 260 g/mol. The van der Waals surface area contributed by atoms with Crippen molar-refractivity contribution in [2.24, 2.45) is 0 Å². The van der Waals surface area contributed by atoms with E-state index in [4.69, 9.17) is 0 Å². The molecule has 1 aromatic carbocycles. The Kier molecular flexibility index (Phi) is 3.37. The van der Waals surface area contributed by atoms with Crippen molar-refractivity contribution in [3.05, 3.63) is 33.4 Å². The van der Waals surface area contributed by atoms with Crippen molar-refractivity contribution in [3.8, 4) is 0 Å². The summed E-state index contributed by atoms with van der Waals surface area (Å²) in [6, 6.07) is 8.77. The van der Waals surface area contributed by atoms with Gasteiger partial charge < -0.3 is 0 Å². The molecule has 1 rings (SSSR count). The molecule has 1 atom stereocenters. The van der Waals surface area contributed by atoms with Gasteiger partial charge in [-0.3, -0.25) is 0 Å². The van der Waals surface area contributed by atoms with Crippen LogP contribution in [0.25, 0.3) is 0 Å². The molecule has 0 saturated heterocycles. The van der Waals surface area contributed by atoms with E-state index >= 15 is 0 Å². The number of rotatable bonds is 2. The molecular formula is C10H13I. The van der Waals surface area contributed by atoms with Gasteiger partial charge in [0.1, 0.15) is 0 Å².